The van der Waals surface area contributed by atoms with Crippen molar-refractivity contribution in [2.45, 2.75) is 105 Å². The Labute approximate surface area is 273 Å². The van der Waals surface area contributed by atoms with Crippen LogP contribution in [-0.2, 0) is 27.1 Å². The van der Waals surface area contributed by atoms with Crippen LogP contribution in [0, 0.1) is 0 Å². The van der Waals surface area contributed by atoms with E-state index in [1.807, 2.05) is 0 Å². The highest BCUT2D eigenvalue weighted by Gasteiger charge is 2.39. The Morgan fingerprint density at radius 1 is 0.911 bits per heavy atom. The fourth-order valence-corrected chi connectivity index (χ4v) is 5.64. The number of rotatable bonds is 5. The van der Waals surface area contributed by atoms with Gasteiger partial charge in [-0.2, -0.15) is 14.1 Å². The fraction of sp³-hybridized carbons (Fsp3) is 0.533. The lowest BCUT2D eigenvalue weighted by Crippen LogP contribution is -2.41. The molecule has 4 rings (SSSR count). The van der Waals surface area contributed by atoms with Crippen LogP contribution in [0.15, 0.2) is 18.3 Å². The Balaban J connectivity index is 2.05. The molecule has 0 bridgehead atoms. The van der Waals surface area contributed by atoms with Gasteiger partial charge in [-0.25, -0.2) is 14.2 Å². The second kappa shape index (κ2) is 11.9. The van der Waals surface area contributed by atoms with Gasteiger partial charge in [-0.3, -0.25) is 0 Å². The number of halogens is 2. The molecule has 0 unspecified atom stereocenters. The van der Waals surface area contributed by atoms with E-state index in [9.17, 15) is 14.7 Å². The molecule has 1 N–H and O–H groups in total. The Kier molecular flexibility index (Phi) is 9.21. The third-order valence-corrected chi connectivity index (χ3v) is 12.3. The van der Waals surface area contributed by atoms with Crippen molar-refractivity contribution < 1.29 is 33.2 Å². The summed E-state index contributed by atoms with van der Waals surface area (Å²) < 4.78 is 21.9. The van der Waals surface area contributed by atoms with Crippen LogP contribution in [0.3, 0.4) is 0 Å². The quantitative estimate of drug-likeness (QED) is 0.135. The van der Waals surface area contributed by atoms with Crippen molar-refractivity contribution >= 4 is 65.8 Å². The third-order valence-electron chi connectivity index (χ3n) is 7.39. The molecular formula is C30H41Cl2N6O6Si+. The van der Waals surface area contributed by atoms with Gasteiger partial charge in [0.2, 0.25) is 5.65 Å². The minimum absolute atomic E-state index is 0.0612. The van der Waals surface area contributed by atoms with Gasteiger partial charge >= 0.3 is 17.5 Å². The molecule has 0 aliphatic carbocycles. The SMILES string of the molecule is CC(C)(C)OC(=O)n1c(CO)cc2c(-[n+]3c(Cl)ncc4cc(CO[Si](C)(C)C(C)(C)C)n(C(=O)OC(C)(C)C)c43)nc(Cl)nc21. The smallest absolute Gasteiger partial charge is 0.443 e. The van der Waals surface area contributed by atoms with Crippen molar-refractivity contribution in [2.24, 2.45) is 0 Å². The Hall–Kier alpha value is -3.10. The first kappa shape index (κ1) is 34.8. The van der Waals surface area contributed by atoms with Crippen LogP contribution in [-0.4, -0.2) is 60.9 Å². The van der Waals surface area contributed by atoms with Crippen LogP contribution in [0.1, 0.15) is 73.7 Å². The fourth-order valence-electron chi connectivity index (χ4n) is 4.33. The summed E-state index contributed by atoms with van der Waals surface area (Å²) in [5.41, 5.74) is -0.602. The first-order chi connectivity index (χ1) is 20.5. The summed E-state index contributed by atoms with van der Waals surface area (Å²) in [5, 5.41) is 10.7. The van der Waals surface area contributed by atoms with E-state index in [0.29, 0.717) is 16.5 Å². The van der Waals surface area contributed by atoms with Crippen LogP contribution in [0.4, 0.5) is 9.59 Å². The average molecular weight is 681 g/mol. The predicted molar refractivity (Wildman–Crippen MR) is 174 cm³/mol. The van der Waals surface area contributed by atoms with Gasteiger partial charge in [0.15, 0.2) is 14.0 Å². The van der Waals surface area contributed by atoms with Gasteiger partial charge in [-0.1, -0.05) is 20.8 Å². The lowest BCUT2D eigenvalue weighted by molar-refractivity contribution is -0.573. The maximum Gasteiger partial charge on any atom is 0.466 e. The van der Waals surface area contributed by atoms with Gasteiger partial charge in [0.1, 0.15) is 11.2 Å². The van der Waals surface area contributed by atoms with Gasteiger partial charge in [-0.15, -0.1) is 9.97 Å². The Bertz CT molecular complexity index is 1800. The highest BCUT2D eigenvalue weighted by Crippen LogP contribution is 2.37. The molecular weight excluding hydrogens is 639 g/mol. The molecule has 0 aromatic carbocycles. The summed E-state index contributed by atoms with van der Waals surface area (Å²) in [5.74, 6) is 0.116. The molecule has 4 heterocycles. The number of hydrogen-bond donors (Lipinski definition) is 1. The molecule has 0 saturated carbocycles. The average Bonchev–Trinajstić information content (AvgIpc) is 3.42. The molecule has 244 valence electrons. The van der Waals surface area contributed by atoms with E-state index >= 15 is 0 Å². The minimum Gasteiger partial charge on any atom is -0.443 e. The van der Waals surface area contributed by atoms with E-state index < -0.39 is 38.3 Å². The second-order valence-electron chi connectivity index (χ2n) is 14.3. The zero-order chi connectivity index (χ0) is 33.9. The molecule has 4 aromatic rings. The van der Waals surface area contributed by atoms with Gasteiger partial charge in [0.25, 0.3) is 11.1 Å². The van der Waals surface area contributed by atoms with Gasteiger partial charge in [-0.05, 0) is 95.0 Å². The maximum absolute atomic E-state index is 13.9. The zero-order valence-corrected chi connectivity index (χ0v) is 30.1. The molecule has 0 amide bonds. The highest BCUT2D eigenvalue weighted by molar-refractivity contribution is 6.74. The molecule has 0 radical (unpaired) electrons. The topological polar surface area (TPSA) is 134 Å². The van der Waals surface area contributed by atoms with Crippen molar-refractivity contribution in [1.82, 2.24) is 24.1 Å². The molecule has 0 fully saturated rings. The second-order valence-corrected chi connectivity index (χ2v) is 19.8. The number of aliphatic hydroxyl groups excluding tert-OH is 1. The van der Waals surface area contributed by atoms with Crippen LogP contribution in [0.5, 0.6) is 0 Å². The number of fused-ring (bicyclic) bond motifs is 2. The predicted octanol–water partition coefficient (Wildman–Crippen LogP) is 6.95. The van der Waals surface area contributed by atoms with Gasteiger partial charge < -0.3 is 19.0 Å². The van der Waals surface area contributed by atoms with Crippen molar-refractivity contribution in [1.29, 1.82) is 0 Å². The van der Waals surface area contributed by atoms with E-state index in [2.05, 4.69) is 48.8 Å². The summed E-state index contributed by atoms with van der Waals surface area (Å²) in [6, 6.07) is 3.33. The monoisotopic (exact) mass is 679 g/mol. The Morgan fingerprint density at radius 3 is 2.02 bits per heavy atom. The zero-order valence-electron chi connectivity index (χ0n) is 27.6. The van der Waals surface area contributed by atoms with Crippen molar-refractivity contribution in [3.8, 4) is 5.82 Å². The number of carbonyl (C=O) groups is 2. The van der Waals surface area contributed by atoms with Crippen LogP contribution in [0.25, 0.3) is 27.9 Å². The number of aliphatic hydroxyl groups is 1. The van der Waals surface area contributed by atoms with Crippen molar-refractivity contribution in [2.75, 3.05) is 0 Å². The van der Waals surface area contributed by atoms with Crippen LogP contribution in [0.2, 0.25) is 28.7 Å². The molecule has 12 nitrogen and oxygen atoms in total. The van der Waals surface area contributed by atoms with Gasteiger partial charge in [0.05, 0.1) is 41.6 Å². The molecule has 4 aromatic heterocycles. The van der Waals surface area contributed by atoms with E-state index in [1.54, 1.807) is 47.6 Å². The lowest BCUT2D eigenvalue weighted by Gasteiger charge is -2.36. The number of aromatic nitrogens is 6. The van der Waals surface area contributed by atoms with Crippen LogP contribution < -0.4 is 4.57 Å². The first-order valence-corrected chi connectivity index (χ1v) is 18.1. The van der Waals surface area contributed by atoms with Crippen LogP contribution >= 0.6 is 23.2 Å². The van der Waals surface area contributed by atoms with E-state index in [1.165, 1.54) is 21.4 Å². The maximum atomic E-state index is 13.9. The standard InChI is InChI=1S/C30H41Cl2N6O6Si/c1-28(2,3)43-26(40)36-18(15-39)13-20-21(36)34-24(31)35-22(20)38-23-17(14-33-25(38)32)12-19(16-42-45(10,11)30(7,8)9)37(23)27(41)44-29(4,5)6/h12-14,39H,15-16H2,1-11H3/q+1. The molecule has 0 saturated heterocycles. The van der Waals surface area contributed by atoms with Crippen molar-refractivity contribution in [3.05, 3.63) is 40.3 Å². The summed E-state index contributed by atoms with van der Waals surface area (Å²) in [4.78, 5) is 40.3. The molecule has 15 heteroatoms. The largest absolute Gasteiger partial charge is 0.466 e. The summed E-state index contributed by atoms with van der Waals surface area (Å²) in [6.45, 7) is 20.7. The highest BCUT2D eigenvalue weighted by atomic mass is 35.5. The molecule has 0 aliphatic heterocycles. The molecule has 0 spiro atoms. The normalized spacial score (nSPS) is 13.1. The number of carbonyl (C=O) groups excluding carboxylic acids is 2. The molecule has 0 atom stereocenters. The summed E-state index contributed by atoms with van der Waals surface area (Å²) in [6.07, 6.45) is 0.105. The number of hydrogen-bond acceptors (Lipinski definition) is 9. The minimum atomic E-state index is -2.23. The van der Waals surface area contributed by atoms with E-state index in [0.717, 1.165) is 4.57 Å². The third kappa shape index (κ3) is 7.17. The summed E-state index contributed by atoms with van der Waals surface area (Å²) in [7, 11) is -2.23. The molecule has 0 aliphatic rings. The summed E-state index contributed by atoms with van der Waals surface area (Å²) >= 11 is 13.2. The van der Waals surface area contributed by atoms with E-state index in [4.69, 9.17) is 37.1 Å². The molecule has 45 heavy (non-hydrogen) atoms. The number of ether oxygens (including phenoxy) is 2. The lowest BCUT2D eigenvalue weighted by atomic mass is 10.2. The number of nitrogens with zero attached hydrogens (tertiary/aromatic N) is 6. The van der Waals surface area contributed by atoms with Gasteiger partial charge in [0, 0.05) is 0 Å². The Morgan fingerprint density at radius 2 is 1.49 bits per heavy atom. The van der Waals surface area contributed by atoms with Crippen molar-refractivity contribution in [3.63, 3.8) is 0 Å². The first-order valence-electron chi connectivity index (χ1n) is 14.5. The van der Waals surface area contributed by atoms with E-state index in [-0.39, 0.29) is 45.0 Å².